The summed E-state index contributed by atoms with van der Waals surface area (Å²) in [5.41, 5.74) is 0. The molecular formula is C26H42GeS2. The van der Waals surface area contributed by atoms with Crippen molar-refractivity contribution in [2.45, 2.75) is 115 Å². The first-order valence-electron chi connectivity index (χ1n) is 12.3. The molecule has 0 saturated heterocycles. The molecule has 0 aromatic carbocycles. The van der Waals surface area contributed by atoms with E-state index in [-0.39, 0.29) is 0 Å². The molecule has 3 heterocycles. The van der Waals surface area contributed by atoms with Gasteiger partial charge in [-0.25, -0.2) is 0 Å². The Labute approximate surface area is 190 Å². The molecule has 2 aromatic rings. The van der Waals surface area contributed by atoms with Crippen LogP contribution in [0.15, 0.2) is 12.1 Å². The SMILES string of the molecule is CCCCCCC[CH2][Ge]1([CH2]CCCCCCC)[c]2cc(C)sc2-c2sc(C)c[c]21. The van der Waals surface area contributed by atoms with Crippen molar-refractivity contribution in [2.24, 2.45) is 0 Å². The third-order valence-corrected chi connectivity index (χ3v) is 20.9. The molecule has 1 aliphatic rings. The second-order valence-corrected chi connectivity index (χ2v) is 20.7. The van der Waals surface area contributed by atoms with E-state index in [1.807, 2.05) is 8.79 Å². The second kappa shape index (κ2) is 11.5. The van der Waals surface area contributed by atoms with Crippen molar-refractivity contribution in [2.75, 3.05) is 0 Å². The average Bonchev–Trinajstić information content (AvgIpc) is 3.33. The molecule has 0 amide bonds. The summed E-state index contributed by atoms with van der Waals surface area (Å²) >= 11 is 1.99. The standard InChI is InChI=1S/C26H42GeS2/c1-5-7-9-11-13-15-17-27(18-16-14-12-10-8-6-2)23-19-21(3)28-25(23)26-24(27)20-22(4)29-26/h19-20H,5-18H2,1-4H3. The number of thiophene rings is 2. The summed E-state index contributed by atoms with van der Waals surface area (Å²) < 4.78 is 3.77. The van der Waals surface area contributed by atoms with E-state index in [0.717, 1.165) is 0 Å². The molecule has 1 aliphatic heterocycles. The van der Waals surface area contributed by atoms with Crippen molar-refractivity contribution in [3.05, 3.63) is 21.9 Å². The monoisotopic (exact) mass is 492 g/mol. The van der Waals surface area contributed by atoms with Crippen LogP contribution in [0, 0.1) is 13.8 Å². The van der Waals surface area contributed by atoms with Gasteiger partial charge in [-0.15, -0.1) is 0 Å². The fraction of sp³-hybridized carbons (Fsp3) is 0.692. The van der Waals surface area contributed by atoms with Gasteiger partial charge < -0.3 is 0 Å². The van der Waals surface area contributed by atoms with Crippen LogP contribution in [0.3, 0.4) is 0 Å². The van der Waals surface area contributed by atoms with Crippen LogP contribution in [0.5, 0.6) is 0 Å². The first-order chi connectivity index (χ1) is 14.1. The number of fused-ring (bicyclic) bond motifs is 3. The van der Waals surface area contributed by atoms with Gasteiger partial charge in [0.2, 0.25) is 0 Å². The Kier molecular flexibility index (Phi) is 9.38. The minimum atomic E-state index is -2.20. The van der Waals surface area contributed by atoms with Crippen LogP contribution < -0.4 is 8.79 Å². The quantitative estimate of drug-likeness (QED) is 0.183. The number of hydrogen-bond acceptors (Lipinski definition) is 2. The van der Waals surface area contributed by atoms with Crippen LogP contribution in [0.2, 0.25) is 10.5 Å². The van der Waals surface area contributed by atoms with E-state index in [1.165, 1.54) is 77.0 Å². The first-order valence-corrected chi connectivity index (χ1v) is 19.0. The van der Waals surface area contributed by atoms with Gasteiger partial charge in [0.05, 0.1) is 0 Å². The number of aryl methyl sites for hydroxylation is 2. The molecule has 0 radical (unpaired) electrons. The van der Waals surface area contributed by atoms with Gasteiger partial charge in [-0.1, -0.05) is 0 Å². The summed E-state index contributed by atoms with van der Waals surface area (Å²) in [5, 5.41) is 3.10. The third-order valence-electron chi connectivity index (χ3n) is 6.86. The molecule has 0 nitrogen and oxygen atoms in total. The normalized spacial score (nSPS) is 14.3. The number of unbranched alkanes of at least 4 members (excludes halogenated alkanes) is 10. The van der Waals surface area contributed by atoms with Gasteiger partial charge in [0, 0.05) is 0 Å². The minimum absolute atomic E-state index is 1.36. The van der Waals surface area contributed by atoms with Crippen molar-refractivity contribution in [3.8, 4) is 9.75 Å². The Morgan fingerprint density at radius 1 is 0.586 bits per heavy atom. The van der Waals surface area contributed by atoms with Gasteiger partial charge in [-0.3, -0.25) is 0 Å². The molecule has 0 spiro atoms. The van der Waals surface area contributed by atoms with E-state index in [1.54, 1.807) is 30.0 Å². The summed E-state index contributed by atoms with van der Waals surface area (Å²) in [4.78, 5) is 6.50. The Morgan fingerprint density at radius 2 is 0.966 bits per heavy atom. The van der Waals surface area contributed by atoms with Gasteiger partial charge in [0.15, 0.2) is 0 Å². The first kappa shape index (κ1) is 23.6. The van der Waals surface area contributed by atoms with Gasteiger partial charge in [-0.2, -0.15) is 0 Å². The van der Waals surface area contributed by atoms with Crippen LogP contribution in [-0.4, -0.2) is 13.3 Å². The van der Waals surface area contributed by atoms with Crippen LogP contribution in [-0.2, 0) is 0 Å². The summed E-state index contributed by atoms with van der Waals surface area (Å²) in [6, 6.07) is 5.27. The summed E-state index contributed by atoms with van der Waals surface area (Å²) in [6.07, 6.45) is 17.2. The van der Waals surface area contributed by atoms with E-state index >= 15 is 0 Å². The van der Waals surface area contributed by atoms with E-state index in [4.69, 9.17) is 0 Å². The Balaban J connectivity index is 1.75. The molecule has 0 saturated carbocycles. The predicted molar refractivity (Wildman–Crippen MR) is 138 cm³/mol. The van der Waals surface area contributed by atoms with Crippen molar-refractivity contribution in [3.63, 3.8) is 0 Å². The Bertz CT molecular complexity index is 691. The summed E-state index contributed by atoms with van der Waals surface area (Å²) in [6.45, 7) is 9.33. The topological polar surface area (TPSA) is 0 Å². The molecule has 0 atom stereocenters. The second-order valence-electron chi connectivity index (χ2n) is 9.32. The van der Waals surface area contributed by atoms with Gasteiger partial charge in [-0.05, 0) is 0 Å². The fourth-order valence-electron chi connectivity index (χ4n) is 5.30. The molecule has 3 heteroatoms. The number of rotatable bonds is 14. The van der Waals surface area contributed by atoms with Crippen LogP contribution in [0.4, 0.5) is 0 Å². The van der Waals surface area contributed by atoms with Crippen molar-refractivity contribution >= 4 is 44.7 Å². The Morgan fingerprint density at radius 3 is 1.38 bits per heavy atom. The van der Waals surface area contributed by atoms with Crippen molar-refractivity contribution < 1.29 is 0 Å². The van der Waals surface area contributed by atoms with Crippen LogP contribution in [0.1, 0.15) is 101 Å². The van der Waals surface area contributed by atoms with Crippen molar-refractivity contribution in [1.29, 1.82) is 0 Å². The summed E-state index contributed by atoms with van der Waals surface area (Å²) in [5.74, 6) is 0. The van der Waals surface area contributed by atoms with E-state index < -0.39 is 13.3 Å². The van der Waals surface area contributed by atoms with E-state index in [2.05, 4.69) is 62.5 Å². The number of hydrogen-bond donors (Lipinski definition) is 0. The van der Waals surface area contributed by atoms with Crippen molar-refractivity contribution in [1.82, 2.24) is 0 Å². The maximum atomic E-state index is 2.64. The zero-order valence-corrected chi connectivity index (χ0v) is 23.1. The predicted octanol–water partition coefficient (Wildman–Crippen LogP) is 8.69. The molecule has 29 heavy (non-hydrogen) atoms. The molecule has 0 fully saturated rings. The van der Waals surface area contributed by atoms with E-state index in [0.29, 0.717) is 0 Å². The van der Waals surface area contributed by atoms with Crippen LogP contribution >= 0.6 is 22.7 Å². The van der Waals surface area contributed by atoms with Gasteiger partial charge in [0.1, 0.15) is 0 Å². The molecule has 162 valence electrons. The third kappa shape index (κ3) is 5.60. The fourth-order valence-corrected chi connectivity index (χ4v) is 22.2. The average molecular weight is 491 g/mol. The zero-order chi connectivity index (χ0) is 20.7. The maximum absolute atomic E-state index is 2.64. The molecule has 0 N–H and O–H groups in total. The van der Waals surface area contributed by atoms with Gasteiger partial charge in [0.25, 0.3) is 0 Å². The molecule has 2 aromatic heterocycles. The Hall–Kier alpha value is -0.0571. The zero-order valence-electron chi connectivity index (χ0n) is 19.4. The van der Waals surface area contributed by atoms with Crippen LogP contribution in [0.25, 0.3) is 9.75 Å². The molecule has 0 bridgehead atoms. The molecule has 3 rings (SSSR count). The van der Waals surface area contributed by atoms with E-state index in [9.17, 15) is 0 Å². The summed E-state index contributed by atoms with van der Waals surface area (Å²) in [7, 11) is 0. The van der Waals surface area contributed by atoms with Gasteiger partial charge >= 0.3 is 192 Å². The molecular weight excluding hydrogens is 449 g/mol. The molecule has 0 aliphatic carbocycles. The molecule has 0 unspecified atom stereocenters.